The first-order valence-electron chi connectivity index (χ1n) is 13.0. The van der Waals surface area contributed by atoms with Crippen LogP contribution in [0, 0.1) is 0 Å². The van der Waals surface area contributed by atoms with E-state index in [2.05, 4.69) is 50.4 Å². The number of hydrogen-bond donors (Lipinski definition) is 2. The Kier molecular flexibility index (Phi) is 9.79. The normalized spacial score (nSPS) is 21.8. The third-order valence-corrected chi connectivity index (χ3v) is 12.2. The molecule has 220 valence electrons. The summed E-state index contributed by atoms with van der Waals surface area (Å²) in [5.41, 5.74) is 0. The van der Waals surface area contributed by atoms with E-state index in [0.717, 1.165) is 0 Å². The van der Waals surface area contributed by atoms with Gasteiger partial charge in [0.05, 0.1) is 19.1 Å². The van der Waals surface area contributed by atoms with Crippen molar-refractivity contribution >= 4 is 30.6 Å². The maximum atomic E-state index is 13.9. The quantitative estimate of drug-likeness (QED) is 0.406. The average Bonchev–Trinajstić information content (AvgIpc) is 2.87. The Labute approximate surface area is 231 Å². The number of rotatable bonds is 5. The third kappa shape index (κ3) is 7.46. The molecule has 1 amide bonds. The van der Waals surface area contributed by atoms with E-state index >= 15 is 0 Å². The molecule has 0 aliphatic carbocycles. The van der Waals surface area contributed by atoms with E-state index in [1.807, 2.05) is 36.4 Å². The molecule has 2 heterocycles. The first-order valence-corrected chi connectivity index (χ1v) is 14.9. The second-order valence-electron chi connectivity index (χ2n) is 11.1. The van der Waals surface area contributed by atoms with Crippen molar-refractivity contribution in [2.75, 3.05) is 19.6 Å². The van der Waals surface area contributed by atoms with E-state index < -0.39 is 32.4 Å². The SMILES string of the molecule is CC(C)(C)[Si](OC1CCN([C@H]2CNCC(F)(F)C2)C(=O)C1)(c1ccccc1)c1ccccc1.O=C(O)C(F)(F)F. The summed E-state index contributed by atoms with van der Waals surface area (Å²) in [5.74, 6) is -5.62. The van der Waals surface area contributed by atoms with Crippen LogP contribution in [0.3, 0.4) is 0 Å². The van der Waals surface area contributed by atoms with Crippen molar-refractivity contribution in [1.29, 1.82) is 0 Å². The fraction of sp³-hybridized carbons (Fsp3) is 0.500. The molecule has 0 radical (unpaired) electrons. The first-order chi connectivity index (χ1) is 18.6. The van der Waals surface area contributed by atoms with Gasteiger partial charge in [-0.1, -0.05) is 81.4 Å². The van der Waals surface area contributed by atoms with Crippen LogP contribution in [0.5, 0.6) is 0 Å². The van der Waals surface area contributed by atoms with Crippen molar-refractivity contribution in [3.8, 4) is 0 Å². The van der Waals surface area contributed by atoms with Gasteiger partial charge in [-0.25, -0.2) is 13.6 Å². The van der Waals surface area contributed by atoms with Crippen LogP contribution in [0.4, 0.5) is 22.0 Å². The van der Waals surface area contributed by atoms with Gasteiger partial charge in [-0.05, 0) is 21.8 Å². The summed E-state index contributed by atoms with van der Waals surface area (Å²) in [6.07, 6.45) is -4.71. The Balaban J connectivity index is 0.000000559. The number of piperidine rings is 2. The molecular formula is C28H35F5N2O4Si. The lowest BCUT2D eigenvalue weighted by atomic mass is 9.98. The van der Waals surface area contributed by atoms with Crippen molar-refractivity contribution < 1.29 is 41.1 Å². The molecule has 2 fully saturated rings. The van der Waals surface area contributed by atoms with Crippen LogP contribution in [-0.4, -0.2) is 74.1 Å². The highest BCUT2D eigenvalue weighted by Gasteiger charge is 2.52. The van der Waals surface area contributed by atoms with Gasteiger partial charge in [0.25, 0.3) is 14.2 Å². The van der Waals surface area contributed by atoms with Crippen molar-refractivity contribution in [3.05, 3.63) is 60.7 Å². The monoisotopic (exact) mass is 586 g/mol. The van der Waals surface area contributed by atoms with E-state index in [9.17, 15) is 26.7 Å². The Morgan fingerprint density at radius 3 is 1.93 bits per heavy atom. The van der Waals surface area contributed by atoms with E-state index in [4.69, 9.17) is 14.3 Å². The van der Waals surface area contributed by atoms with Crippen molar-refractivity contribution in [2.24, 2.45) is 0 Å². The lowest BCUT2D eigenvalue weighted by molar-refractivity contribution is -0.192. The van der Waals surface area contributed by atoms with E-state index in [1.54, 1.807) is 4.90 Å². The molecule has 2 aliphatic heterocycles. The molecule has 2 aromatic rings. The van der Waals surface area contributed by atoms with Gasteiger partial charge in [0.2, 0.25) is 5.91 Å². The lowest BCUT2D eigenvalue weighted by Gasteiger charge is -2.47. The largest absolute Gasteiger partial charge is 0.490 e. The molecule has 2 aromatic carbocycles. The molecule has 4 rings (SSSR count). The number of carbonyl (C=O) groups is 2. The van der Waals surface area contributed by atoms with E-state index in [-0.39, 0.29) is 36.4 Å². The first kappa shape index (κ1) is 31.7. The van der Waals surface area contributed by atoms with Gasteiger partial charge in [-0.2, -0.15) is 13.2 Å². The predicted octanol–water partition coefficient (Wildman–Crippen LogP) is 4.18. The predicted molar refractivity (Wildman–Crippen MR) is 143 cm³/mol. The zero-order valence-electron chi connectivity index (χ0n) is 22.7. The molecule has 1 unspecified atom stereocenters. The fourth-order valence-corrected chi connectivity index (χ4v) is 10.1. The van der Waals surface area contributed by atoms with Gasteiger partial charge in [0.1, 0.15) is 0 Å². The number of aliphatic carboxylic acids is 1. The molecule has 2 atom stereocenters. The lowest BCUT2D eigenvalue weighted by Crippen LogP contribution is -2.68. The van der Waals surface area contributed by atoms with Crippen LogP contribution in [0.1, 0.15) is 40.0 Å². The number of hydrogen-bond acceptors (Lipinski definition) is 4. The topological polar surface area (TPSA) is 78.9 Å². The molecule has 12 heteroatoms. The van der Waals surface area contributed by atoms with Gasteiger partial charge in [0, 0.05) is 25.6 Å². The summed E-state index contributed by atoms with van der Waals surface area (Å²) >= 11 is 0. The van der Waals surface area contributed by atoms with Crippen LogP contribution in [0.25, 0.3) is 0 Å². The number of carboxylic acids is 1. The van der Waals surface area contributed by atoms with E-state index in [1.165, 1.54) is 10.4 Å². The number of carbonyl (C=O) groups excluding carboxylic acids is 1. The van der Waals surface area contributed by atoms with Gasteiger partial charge < -0.3 is 19.7 Å². The van der Waals surface area contributed by atoms with Gasteiger partial charge in [-0.3, -0.25) is 4.79 Å². The highest BCUT2D eigenvalue weighted by atomic mass is 28.4. The van der Waals surface area contributed by atoms with Crippen LogP contribution >= 0.6 is 0 Å². The highest BCUT2D eigenvalue weighted by Crippen LogP contribution is 2.39. The number of alkyl halides is 5. The minimum atomic E-state index is -5.08. The summed E-state index contributed by atoms with van der Waals surface area (Å²) < 4.78 is 66.7. The van der Waals surface area contributed by atoms with E-state index in [0.29, 0.717) is 19.5 Å². The number of carboxylic acid groups (broad SMARTS) is 1. The molecule has 2 N–H and O–H groups in total. The van der Waals surface area contributed by atoms with Crippen LogP contribution in [-0.2, 0) is 14.0 Å². The second-order valence-corrected chi connectivity index (χ2v) is 15.4. The summed E-state index contributed by atoms with van der Waals surface area (Å²) in [6, 6.07) is 20.3. The smallest absolute Gasteiger partial charge is 0.475 e. The fourth-order valence-electron chi connectivity index (χ4n) is 5.38. The zero-order valence-corrected chi connectivity index (χ0v) is 23.7. The number of halogens is 5. The number of benzene rings is 2. The minimum Gasteiger partial charge on any atom is -0.475 e. The molecule has 6 nitrogen and oxygen atoms in total. The van der Waals surface area contributed by atoms with Gasteiger partial charge in [0.15, 0.2) is 0 Å². The summed E-state index contributed by atoms with van der Waals surface area (Å²) in [6.45, 7) is 7.20. The number of amides is 1. The van der Waals surface area contributed by atoms with Gasteiger partial charge >= 0.3 is 12.1 Å². The van der Waals surface area contributed by atoms with Crippen molar-refractivity contribution in [1.82, 2.24) is 10.2 Å². The average molecular weight is 587 g/mol. The maximum absolute atomic E-state index is 13.9. The molecule has 2 aliphatic rings. The standard InChI is InChI=1S/C26H34F2N2O2Si.C2HF3O2/c1-25(2,3)33(22-10-6-4-7-11-22,23-12-8-5-9-13-23)32-21-14-15-30(24(31)16-21)20-17-26(27,28)19-29-18-20;3-2(4,5)1(6)7/h4-13,20-21,29H,14-19H2,1-3H3;(H,6,7)/t20-,21?;/m1./s1. The van der Waals surface area contributed by atoms with Crippen LogP contribution in [0.15, 0.2) is 60.7 Å². The number of likely N-dealkylation sites (tertiary alicyclic amines) is 1. The number of nitrogens with zero attached hydrogens (tertiary/aromatic N) is 1. The Bertz CT molecular complexity index is 1100. The minimum absolute atomic E-state index is 0.0892. The Morgan fingerprint density at radius 2 is 1.52 bits per heavy atom. The summed E-state index contributed by atoms with van der Waals surface area (Å²) in [4.78, 5) is 23.7. The third-order valence-electron chi connectivity index (χ3n) is 7.16. The molecule has 40 heavy (non-hydrogen) atoms. The molecule has 0 bridgehead atoms. The van der Waals surface area contributed by atoms with Crippen molar-refractivity contribution in [2.45, 2.75) is 69.3 Å². The highest BCUT2D eigenvalue weighted by molar-refractivity contribution is 6.99. The Hall–Kier alpha value is -2.83. The van der Waals surface area contributed by atoms with Crippen LogP contribution in [0.2, 0.25) is 5.04 Å². The molecule has 0 spiro atoms. The summed E-state index contributed by atoms with van der Waals surface area (Å²) in [7, 11) is -2.75. The van der Waals surface area contributed by atoms with Crippen molar-refractivity contribution in [3.63, 3.8) is 0 Å². The Morgan fingerprint density at radius 1 is 1.02 bits per heavy atom. The molecule has 0 saturated carbocycles. The summed E-state index contributed by atoms with van der Waals surface area (Å²) in [5, 5.41) is 12.1. The number of nitrogens with one attached hydrogen (secondary N) is 1. The maximum Gasteiger partial charge on any atom is 0.490 e. The zero-order chi connectivity index (χ0) is 29.8. The van der Waals surface area contributed by atoms with Gasteiger partial charge in [-0.15, -0.1) is 0 Å². The molecule has 0 aromatic heterocycles. The second kappa shape index (κ2) is 12.4. The molecule has 2 saturated heterocycles. The van der Waals surface area contributed by atoms with Crippen LogP contribution < -0.4 is 15.7 Å². The molecular weight excluding hydrogens is 551 g/mol.